The lowest BCUT2D eigenvalue weighted by molar-refractivity contribution is 0.0436. The van der Waals surface area contributed by atoms with Gasteiger partial charge < -0.3 is 13.9 Å². The van der Waals surface area contributed by atoms with Crippen molar-refractivity contribution in [1.29, 1.82) is 0 Å². The van der Waals surface area contributed by atoms with Crippen molar-refractivity contribution in [3.05, 3.63) is 60.0 Å². The van der Waals surface area contributed by atoms with Gasteiger partial charge in [-0.2, -0.15) is 0 Å². The van der Waals surface area contributed by atoms with E-state index in [1.807, 2.05) is 24.3 Å². The van der Waals surface area contributed by atoms with Gasteiger partial charge in [-0.15, -0.1) is 0 Å². The number of carbonyl (C=O) groups excluding carboxylic acids is 1. The number of oxazole rings is 1. The minimum Gasteiger partial charge on any atom is -0.496 e. The highest BCUT2D eigenvalue weighted by atomic mass is 16.5. The number of carbonyl (C=O) groups is 1. The van der Waals surface area contributed by atoms with Crippen LogP contribution in [-0.2, 0) is 11.3 Å². The smallest absolute Gasteiger partial charge is 0.342 e. The molecule has 0 aliphatic heterocycles. The normalized spacial score (nSPS) is 10.5. The van der Waals surface area contributed by atoms with Crippen LogP contribution in [0, 0.1) is 0 Å². The van der Waals surface area contributed by atoms with Gasteiger partial charge in [0, 0.05) is 0 Å². The summed E-state index contributed by atoms with van der Waals surface area (Å²) in [6.07, 6.45) is 0. The Morgan fingerprint density at radius 3 is 2.71 bits per heavy atom. The number of rotatable bonds is 4. The molecule has 0 N–H and O–H groups in total. The summed E-state index contributed by atoms with van der Waals surface area (Å²) in [5.74, 6) is 0.356. The summed E-state index contributed by atoms with van der Waals surface area (Å²) >= 11 is 0. The number of ether oxygens (including phenoxy) is 2. The lowest BCUT2D eigenvalue weighted by Gasteiger charge is -2.06. The van der Waals surface area contributed by atoms with E-state index < -0.39 is 5.97 Å². The SMILES string of the molecule is COc1ccccc1C(=O)OCc1nc2ccccc2o1. The zero-order chi connectivity index (χ0) is 14.7. The predicted molar refractivity (Wildman–Crippen MR) is 76.1 cm³/mol. The molecule has 0 radical (unpaired) electrons. The second-order valence-electron chi connectivity index (χ2n) is 4.35. The number of fused-ring (bicyclic) bond motifs is 1. The Labute approximate surface area is 121 Å². The number of aromatic nitrogens is 1. The van der Waals surface area contributed by atoms with Gasteiger partial charge in [-0.3, -0.25) is 0 Å². The van der Waals surface area contributed by atoms with Crippen LogP contribution in [0.5, 0.6) is 5.75 Å². The highest BCUT2D eigenvalue weighted by Gasteiger charge is 2.14. The van der Waals surface area contributed by atoms with Gasteiger partial charge in [0.25, 0.3) is 0 Å². The Balaban J connectivity index is 1.73. The van der Waals surface area contributed by atoms with E-state index in [4.69, 9.17) is 13.9 Å². The Hall–Kier alpha value is -2.82. The summed E-state index contributed by atoms with van der Waals surface area (Å²) in [5, 5.41) is 0. The zero-order valence-electron chi connectivity index (χ0n) is 11.4. The number of esters is 1. The van der Waals surface area contributed by atoms with E-state index >= 15 is 0 Å². The molecule has 21 heavy (non-hydrogen) atoms. The molecule has 0 unspecified atom stereocenters. The van der Waals surface area contributed by atoms with Crippen LogP contribution in [0.2, 0.25) is 0 Å². The van der Waals surface area contributed by atoms with Crippen molar-refractivity contribution in [1.82, 2.24) is 4.98 Å². The Kier molecular flexibility index (Phi) is 3.55. The van der Waals surface area contributed by atoms with E-state index in [1.54, 1.807) is 24.3 Å². The van der Waals surface area contributed by atoms with E-state index in [2.05, 4.69) is 4.98 Å². The van der Waals surface area contributed by atoms with E-state index in [0.717, 1.165) is 5.52 Å². The van der Waals surface area contributed by atoms with E-state index in [9.17, 15) is 4.79 Å². The minimum absolute atomic E-state index is 0.0223. The molecule has 3 rings (SSSR count). The molecule has 0 aliphatic rings. The number of benzene rings is 2. The van der Waals surface area contributed by atoms with Crippen LogP contribution >= 0.6 is 0 Å². The van der Waals surface area contributed by atoms with E-state index in [1.165, 1.54) is 7.11 Å². The van der Waals surface area contributed by atoms with Gasteiger partial charge in [0.15, 0.2) is 12.2 Å². The van der Waals surface area contributed by atoms with E-state index in [-0.39, 0.29) is 6.61 Å². The van der Waals surface area contributed by atoms with Gasteiger partial charge >= 0.3 is 5.97 Å². The maximum Gasteiger partial charge on any atom is 0.342 e. The van der Waals surface area contributed by atoms with Crippen molar-refractivity contribution >= 4 is 17.1 Å². The van der Waals surface area contributed by atoms with Crippen molar-refractivity contribution in [2.24, 2.45) is 0 Å². The Morgan fingerprint density at radius 2 is 1.90 bits per heavy atom. The molecule has 106 valence electrons. The molecular formula is C16H13NO4. The first kappa shape index (κ1) is 13.2. The monoisotopic (exact) mass is 283 g/mol. The van der Waals surface area contributed by atoms with Crippen molar-refractivity contribution < 1.29 is 18.7 Å². The van der Waals surface area contributed by atoms with Crippen LogP contribution in [0.1, 0.15) is 16.2 Å². The molecule has 0 atom stereocenters. The van der Waals surface area contributed by atoms with E-state index in [0.29, 0.717) is 22.8 Å². The predicted octanol–water partition coefficient (Wildman–Crippen LogP) is 3.19. The summed E-state index contributed by atoms with van der Waals surface area (Å²) in [6.45, 7) is -0.0223. The minimum atomic E-state index is -0.477. The number of methoxy groups -OCH3 is 1. The van der Waals surface area contributed by atoms with Gasteiger partial charge in [0.2, 0.25) is 5.89 Å². The molecule has 0 amide bonds. The lowest BCUT2D eigenvalue weighted by Crippen LogP contribution is -2.07. The zero-order valence-corrected chi connectivity index (χ0v) is 11.4. The first-order valence-electron chi connectivity index (χ1n) is 6.42. The third kappa shape index (κ3) is 2.72. The van der Waals surface area contributed by atoms with Crippen molar-refractivity contribution in [3.8, 4) is 5.75 Å². The maximum absolute atomic E-state index is 12.0. The summed E-state index contributed by atoms with van der Waals surface area (Å²) in [7, 11) is 1.51. The van der Waals surface area contributed by atoms with Crippen LogP contribution in [0.25, 0.3) is 11.1 Å². The highest BCUT2D eigenvalue weighted by molar-refractivity contribution is 5.92. The van der Waals surface area contributed by atoms with Gasteiger partial charge in [-0.05, 0) is 24.3 Å². The van der Waals surface area contributed by atoms with Crippen molar-refractivity contribution in [3.63, 3.8) is 0 Å². The third-order valence-electron chi connectivity index (χ3n) is 2.99. The summed E-state index contributed by atoms with van der Waals surface area (Å²) < 4.78 is 15.8. The number of para-hydroxylation sites is 3. The molecule has 0 bridgehead atoms. The number of hydrogen-bond acceptors (Lipinski definition) is 5. The first-order chi connectivity index (χ1) is 10.3. The molecule has 0 aliphatic carbocycles. The fraction of sp³-hybridized carbons (Fsp3) is 0.125. The molecule has 0 saturated heterocycles. The van der Waals surface area contributed by atoms with Crippen LogP contribution in [-0.4, -0.2) is 18.1 Å². The molecule has 1 aromatic heterocycles. The number of hydrogen-bond donors (Lipinski definition) is 0. The molecule has 0 saturated carbocycles. The van der Waals surface area contributed by atoms with Gasteiger partial charge in [0.05, 0.1) is 7.11 Å². The lowest BCUT2D eigenvalue weighted by atomic mass is 10.2. The topological polar surface area (TPSA) is 61.6 Å². The van der Waals surface area contributed by atoms with Crippen LogP contribution in [0.3, 0.4) is 0 Å². The third-order valence-corrected chi connectivity index (χ3v) is 2.99. The van der Waals surface area contributed by atoms with Gasteiger partial charge in [-0.25, -0.2) is 9.78 Å². The Morgan fingerprint density at radius 1 is 1.14 bits per heavy atom. The van der Waals surface area contributed by atoms with Gasteiger partial charge in [-0.1, -0.05) is 24.3 Å². The standard InChI is InChI=1S/C16H13NO4/c1-19-13-8-4-2-6-11(13)16(18)20-10-15-17-12-7-3-5-9-14(12)21-15/h2-9H,10H2,1H3. The molecule has 2 aromatic carbocycles. The second kappa shape index (κ2) is 5.66. The molecule has 0 fully saturated rings. The summed E-state index contributed by atoms with van der Waals surface area (Å²) in [5.41, 5.74) is 1.78. The quantitative estimate of drug-likeness (QED) is 0.688. The maximum atomic E-state index is 12.0. The van der Waals surface area contributed by atoms with Gasteiger partial charge in [0.1, 0.15) is 16.8 Å². The molecule has 1 heterocycles. The number of nitrogens with zero attached hydrogens (tertiary/aromatic N) is 1. The van der Waals surface area contributed by atoms with Crippen LogP contribution in [0.4, 0.5) is 0 Å². The summed E-state index contributed by atoms with van der Waals surface area (Å²) in [4.78, 5) is 16.3. The average Bonchev–Trinajstić information content (AvgIpc) is 2.95. The van der Waals surface area contributed by atoms with Crippen molar-refractivity contribution in [2.75, 3.05) is 7.11 Å². The average molecular weight is 283 g/mol. The fourth-order valence-electron chi connectivity index (χ4n) is 2.00. The van der Waals surface area contributed by atoms with Crippen LogP contribution in [0.15, 0.2) is 52.9 Å². The van der Waals surface area contributed by atoms with Crippen LogP contribution < -0.4 is 4.74 Å². The highest BCUT2D eigenvalue weighted by Crippen LogP contribution is 2.20. The molecule has 5 heteroatoms. The largest absolute Gasteiger partial charge is 0.496 e. The fourth-order valence-corrected chi connectivity index (χ4v) is 2.00. The molecule has 0 spiro atoms. The molecule has 5 nitrogen and oxygen atoms in total. The second-order valence-corrected chi connectivity index (χ2v) is 4.35. The van der Waals surface area contributed by atoms with Crippen molar-refractivity contribution in [2.45, 2.75) is 6.61 Å². The molecular weight excluding hydrogens is 270 g/mol. The molecule has 3 aromatic rings. The Bertz CT molecular complexity index is 746. The first-order valence-corrected chi connectivity index (χ1v) is 6.42. The summed E-state index contributed by atoms with van der Waals surface area (Å²) in [6, 6.07) is 14.3.